The van der Waals surface area contributed by atoms with Crippen molar-refractivity contribution in [1.29, 1.82) is 0 Å². The molecule has 0 radical (unpaired) electrons. The number of rotatable bonds is 6. The minimum atomic E-state index is 0.633. The molecule has 3 heterocycles. The van der Waals surface area contributed by atoms with Crippen LogP contribution in [0.25, 0.3) is 110 Å². The highest BCUT2D eigenvalue weighted by Gasteiger charge is 2.20. The highest BCUT2D eigenvalue weighted by molar-refractivity contribution is 7.26. The molecule has 0 amide bonds. The summed E-state index contributed by atoms with van der Waals surface area (Å²) in [5.41, 5.74) is 10.7. The van der Waals surface area contributed by atoms with E-state index in [0.717, 1.165) is 71.6 Å². The fourth-order valence-electron chi connectivity index (χ4n) is 7.94. The predicted octanol–water partition coefficient (Wildman–Crippen LogP) is 13.9. The van der Waals surface area contributed by atoms with Gasteiger partial charge in [0.15, 0.2) is 11.6 Å². The molecule has 8 aromatic carbocycles. The van der Waals surface area contributed by atoms with Gasteiger partial charge >= 0.3 is 0 Å². The van der Waals surface area contributed by atoms with Crippen LogP contribution < -0.4 is 0 Å². The van der Waals surface area contributed by atoms with E-state index in [1.54, 1.807) is 11.3 Å². The molecule has 0 aliphatic heterocycles. The first-order valence-corrected chi connectivity index (χ1v) is 19.9. The first-order valence-electron chi connectivity index (χ1n) is 19.0. The summed E-state index contributed by atoms with van der Waals surface area (Å²) in [6.45, 7) is 0. The van der Waals surface area contributed by atoms with E-state index < -0.39 is 0 Å². The first-order chi connectivity index (χ1) is 28.2. The SMILES string of the molecule is c1ccc(-c2cc(-c3ccccc3)nc(-c3cc(-c4nc(-c5ccccc5)c5sc6ccccc6c5n4)cc(-c4cc5ccccc5c5ccccc45)c3)n2)cc1. The van der Waals surface area contributed by atoms with Gasteiger partial charge in [0, 0.05) is 37.9 Å². The Labute approximate surface area is 333 Å². The standard InChI is InChI=1S/C52H32N4S/c1-4-16-33(17-5-1)45-32-46(34-18-6-2-7-19-34)54-51(53-45)38-28-37(44-31-36-22-10-11-23-40(36)41-24-12-13-25-42(41)44)29-39(30-38)52-55-48(35-20-8-3-9-21-35)50-49(56-52)43-26-14-15-27-47(43)57-50/h1-32H. The van der Waals surface area contributed by atoms with Crippen molar-refractivity contribution >= 4 is 53.2 Å². The summed E-state index contributed by atoms with van der Waals surface area (Å²) < 4.78 is 2.27. The number of hydrogen-bond donors (Lipinski definition) is 0. The molecule has 0 bridgehead atoms. The van der Waals surface area contributed by atoms with Gasteiger partial charge < -0.3 is 0 Å². The molecule has 0 spiro atoms. The highest BCUT2D eigenvalue weighted by Crippen LogP contribution is 2.42. The Morgan fingerprint density at radius 1 is 0.333 bits per heavy atom. The Morgan fingerprint density at radius 2 is 0.842 bits per heavy atom. The average Bonchev–Trinajstić information content (AvgIpc) is 3.68. The van der Waals surface area contributed by atoms with Crippen LogP contribution in [0, 0.1) is 0 Å². The first kappa shape index (κ1) is 33.0. The van der Waals surface area contributed by atoms with E-state index in [1.165, 1.54) is 26.2 Å². The van der Waals surface area contributed by atoms with Crippen LogP contribution in [-0.4, -0.2) is 19.9 Å². The van der Waals surface area contributed by atoms with Crippen molar-refractivity contribution in [3.63, 3.8) is 0 Å². The van der Waals surface area contributed by atoms with Crippen LogP contribution in [0.2, 0.25) is 0 Å². The maximum Gasteiger partial charge on any atom is 0.160 e. The third-order valence-electron chi connectivity index (χ3n) is 10.7. The minimum Gasteiger partial charge on any atom is -0.228 e. The van der Waals surface area contributed by atoms with Gasteiger partial charge in [0.1, 0.15) is 0 Å². The quantitative estimate of drug-likeness (QED) is 0.159. The van der Waals surface area contributed by atoms with Crippen LogP contribution in [0.4, 0.5) is 0 Å². The second-order valence-corrected chi connectivity index (χ2v) is 15.3. The van der Waals surface area contributed by atoms with Gasteiger partial charge in [0.25, 0.3) is 0 Å². The summed E-state index contributed by atoms with van der Waals surface area (Å²) in [5.74, 6) is 1.29. The van der Waals surface area contributed by atoms with E-state index in [2.05, 4.69) is 176 Å². The van der Waals surface area contributed by atoms with Gasteiger partial charge in [-0.15, -0.1) is 11.3 Å². The van der Waals surface area contributed by atoms with Crippen molar-refractivity contribution in [1.82, 2.24) is 19.9 Å². The van der Waals surface area contributed by atoms with Crippen molar-refractivity contribution in [2.24, 2.45) is 0 Å². The third-order valence-corrected chi connectivity index (χ3v) is 11.8. The Morgan fingerprint density at radius 3 is 1.51 bits per heavy atom. The van der Waals surface area contributed by atoms with E-state index in [1.807, 2.05) is 18.2 Å². The fourth-order valence-corrected chi connectivity index (χ4v) is 9.09. The van der Waals surface area contributed by atoms with Crippen LogP contribution in [0.3, 0.4) is 0 Å². The maximum atomic E-state index is 5.41. The zero-order valence-electron chi connectivity index (χ0n) is 30.7. The maximum absolute atomic E-state index is 5.41. The van der Waals surface area contributed by atoms with Gasteiger partial charge in [-0.3, -0.25) is 0 Å². The summed E-state index contributed by atoms with van der Waals surface area (Å²) >= 11 is 1.74. The molecule has 11 aromatic rings. The van der Waals surface area contributed by atoms with Crippen molar-refractivity contribution in [2.45, 2.75) is 0 Å². The summed E-state index contributed by atoms with van der Waals surface area (Å²) in [5, 5.41) is 5.92. The lowest BCUT2D eigenvalue weighted by molar-refractivity contribution is 1.18. The van der Waals surface area contributed by atoms with Gasteiger partial charge in [-0.05, 0) is 69.1 Å². The molecule has 0 fully saturated rings. The number of hydrogen-bond acceptors (Lipinski definition) is 5. The van der Waals surface area contributed by atoms with Gasteiger partial charge in [-0.1, -0.05) is 158 Å². The van der Waals surface area contributed by atoms with Gasteiger partial charge in [-0.25, -0.2) is 19.9 Å². The Kier molecular flexibility index (Phi) is 7.97. The largest absolute Gasteiger partial charge is 0.228 e. The molecule has 0 saturated heterocycles. The average molecular weight is 745 g/mol. The van der Waals surface area contributed by atoms with E-state index >= 15 is 0 Å². The van der Waals surface area contributed by atoms with Crippen LogP contribution in [0.5, 0.6) is 0 Å². The molecule has 0 aliphatic carbocycles. The van der Waals surface area contributed by atoms with E-state index in [-0.39, 0.29) is 0 Å². The summed E-state index contributed by atoms with van der Waals surface area (Å²) in [4.78, 5) is 21.4. The second-order valence-electron chi connectivity index (χ2n) is 14.2. The van der Waals surface area contributed by atoms with E-state index in [9.17, 15) is 0 Å². The number of thiophene rings is 1. The van der Waals surface area contributed by atoms with Crippen molar-refractivity contribution in [3.8, 4) is 67.7 Å². The van der Waals surface area contributed by atoms with Crippen LogP contribution >= 0.6 is 11.3 Å². The number of fused-ring (bicyclic) bond motifs is 6. The summed E-state index contributed by atoms with van der Waals surface area (Å²) in [7, 11) is 0. The van der Waals surface area contributed by atoms with Crippen molar-refractivity contribution in [2.75, 3.05) is 0 Å². The molecule has 0 aliphatic rings. The normalized spacial score (nSPS) is 11.5. The van der Waals surface area contributed by atoms with Crippen LogP contribution in [0.15, 0.2) is 194 Å². The predicted molar refractivity (Wildman–Crippen MR) is 238 cm³/mol. The molecule has 0 saturated carbocycles. The molecule has 11 rings (SSSR count). The molecule has 57 heavy (non-hydrogen) atoms. The Bertz CT molecular complexity index is 3230. The molecule has 266 valence electrons. The van der Waals surface area contributed by atoms with Gasteiger partial charge in [0.2, 0.25) is 0 Å². The van der Waals surface area contributed by atoms with Crippen LogP contribution in [-0.2, 0) is 0 Å². The lowest BCUT2D eigenvalue weighted by Crippen LogP contribution is -1.98. The lowest BCUT2D eigenvalue weighted by atomic mass is 9.91. The molecule has 0 unspecified atom stereocenters. The number of aromatic nitrogens is 4. The van der Waals surface area contributed by atoms with E-state index in [0.29, 0.717) is 11.6 Å². The Balaban J connectivity index is 1.22. The molecule has 5 heteroatoms. The molecular formula is C52H32N4S. The Hall–Kier alpha value is -7.34. The summed E-state index contributed by atoms with van der Waals surface area (Å²) in [6.07, 6.45) is 0. The van der Waals surface area contributed by atoms with Gasteiger partial charge in [0.05, 0.1) is 27.3 Å². The zero-order chi connectivity index (χ0) is 37.7. The van der Waals surface area contributed by atoms with Crippen molar-refractivity contribution in [3.05, 3.63) is 194 Å². The smallest absolute Gasteiger partial charge is 0.160 e. The molecule has 3 aromatic heterocycles. The van der Waals surface area contributed by atoms with Gasteiger partial charge in [-0.2, -0.15) is 0 Å². The third kappa shape index (κ3) is 5.93. The molecular weight excluding hydrogens is 713 g/mol. The summed E-state index contributed by atoms with van der Waals surface area (Å²) in [6, 6.07) is 67.9. The minimum absolute atomic E-state index is 0.633. The number of benzene rings is 8. The number of nitrogens with zero attached hydrogens (tertiary/aromatic N) is 4. The monoisotopic (exact) mass is 744 g/mol. The van der Waals surface area contributed by atoms with Crippen molar-refractivity contribution < 1.29 is 0 Å². The van der Waals surface area contributed by atoms with E-state index in [4.69, 9.17) is 19.9 Å². The van der Waals surface area contributed by atoms with Crippen LogP contribution in [0.1, 0.15) is 0 Å². The lowest BCUT2D eigenvalue weighted by Gasteiger charge is -2.15. The highest BCUT2D eigenvalue weighted by atomic mass is 32.1. The molecule has 0 atom stereocenters. The molecule has 0 N–H and O–H groups in total. The second kappa shape index (κ2) is 13.7. The molecule has 4 nitrogen and oxygen atoms in total. The zero-order valence-corrected chi connectivity index (χ0v) is 31.5. The fraction of sp³-hybridized carbons (Fsp3) is 0. The topological polar surface area (TPSA) is 51.6 Å².